The summed E-state index contributed by atoms with van der Waals surface area (Å²) in [5, 5.41) is 6.07. The van der Waals surface area contributed by atoms with Crippen molar-refractivity contribution >= 4 is 22.5 Å². The summed E-state index contributed by atoms with van der Waals surface area (Å²) < 4.78 is 2.00. The molecule has 0 fully saturated rings. The average molecular weight is 223 g/mol. The maximum Gasteiger partial charge on any atom is 0.159 e. The van der Waals surface area contributed by atoms with E-state index in [-0.39, 0.29) is 0 Å². The predicted octanol–water partition coefficient (Wildman–Crippen LogP) is 3.65. The van der Waals surface area contributed by atoms with Crippen LogP contribution < -0.4 is 0 Å². The number of fused-ring (bicyclic) bond motifs is 1. The number of benzene rings is 1. The zero-order valence-electron chi connectivity index (χ0n) is 9.29. The van der Waals surface area contributed by atoms with E-state index in [1.165, 1.54) is 5.56 Å². The Kier molecular flexibility index (Phi) is 2.70. The van der Waals surface area contributed by atoms with Gasteiger partial charge in [-0.1, -0.05) is 37.6 Å². The van der Waals surface area contributed by atoms with E-state index < -0.39 is 0 Å². The topological polar surface area (TPSA) is 17.8 Å². The summed E-state index contributed by atoms with van der Waals surface area (Å²) in [4.78, 5) is 0. The Morgan fingerprint density at radius 3 is 2.80 bits per heavy atom. The molecular weight excluding hydrogens is 208 g/mol. The quantitative estimate of drug-likeness (QED) is 0.759. The van der Waals surface area contributed by atoms with Crippen LogP contribution in [0.25, 0.3) is 10.9 Å². The molecule has 1 aromatic carbocycles. The lowest BCUT2D eigenvalue weighted by atomic mass is 10.1. The molecule has 0 saturated heterocycles. The summed E-state index contributed by atoms with van der Waals surface area (Å²) in [6, 6.07) is 6.19. The first-order chi connectivity index (χ1) is 7.09. The average Bonchev–Trinajstić information content (AvgIpc) is 2.44. The third-order valence-electron chi connectivity index (χ3n) is 2.48. The molecule has 2 rings (SSSR count). The van der Waals surface area contributed by atoms with Crippen molar-refractivity contribution in [2.24, 2.45) is 5.92 Å². The van der Waals surface area contributed by atoms with Crippen LogP contribution in [-0.2, 0) is 6.54 Å². The molecule has 0 spiro atoms. The van der Waals surface area contributed by atoms with Crippen LogP contribution >= 0.6 is 11.6 Å². The lowest BCUT2D eigenvalue weighted by Gasteiger charge is -2.06. The Morgan fingerprint density at radius 2 is 2.13 bits per heavy atom. The molecule has 0 atom stereocenters. The molecule has 3 heteroatoms. The molecule has 1 heterocycles. The van der Waals surface area contributed by atoms with E-state index in [0.29, 0.717) is 11.1 Å². The summed E-state index contributed by atoms with van der Waals surface area (Å²) in [6.45, 7) is 7.33. The van der Waals surface area contributed by atoms with Gasteiger partial charge in [0.1, 0.15) is 0 Å². The number of nitrogens with zero attached hydrogens (tertiary/aromatic N) is 2. The molecule has 0 aliphatic carbocycles. The van der Waals surface area contributed by atoms with Crippen LogP contribution in [-0.4, -0.2) is 9.78 Å². The Hall–Kier alpha value is -1.02. The molecule has 2 nitrogen and oxygen atoms in total. The Bertz CT molecular complexity index is 486. The second-order valence-electron chi connectivity index (χ2n) is 4.34. The van der Waals surface area contributed by atoms with Crippen molar-refractivity contribution in [1.82, 2.24) is 9.78 Å². The predicted molar refractivity (Wildman–Crippen MR) is 64.3 cm³/mol. The first-order valence-corrected chi connectivity index (χ1v) is 5.59. The molecule has 0 aliphatic rings. The number of hydrogen-bond donors (Lipinski definition) is 0. The van der Waals surface area contributed by atoms with Gasteiger partial charge in [0.15, 0.2) is 5.15 Å². The first kappa shape index (κ1) is 10.5. The third-order valence-corrected chi connectivity index (χ3v) is 2.75. The van der Waals surface area contributed by atoms with Gasteiger partial charge in [-0.3, -0.25) is 4.68 Å². The van der Waals surface area contributed by atoms with Crippen molar-refractivity contribution in [3.05, 3.63) is 28.9 Å². The van der Waals surface area contributed by atoms with Gasteiger partial charge in [0.05, 0.1) is 5.52 Å². The number of hydrogen-bond acceptors (Lipinski definition) is 1. The van der Waals surface area contributed by atoms with Crippen LogP contribution in [0.1, 0.15) is 19.4 Å². The van der Waals surface area contributed by atoms with E-state index in [1.54, 1.807) is 0 Å². The fourth-order valence-corrected chi connectivity index (χ4v) is 2.17. The molecule has 0 aliphatic heterocycles. The second-order valence-corrected chi connectivity index (χ2v) is 4.69. The molecule has 0 bridgehead atoms. The highest BCUT2D eigenvalue weighted by molar-refractivity contribution is 6.34. The maximum absolute atomic E-state index is 6.13. The molecule has 0 radical (unpaired) electrons. The number of aryl methyl sites for hydroxylation is 1. The monoisotopic (exact) mass is 222 g/mol. The van der Waals surface area contributed by atoms with Crippen molar-refractivity contribution in [2.45, 2.75) is 27.3 Å². The Labute approximate surface area is 94.8 Å². The van der Waals surface area contributed by atoms with E-state index >= 15 is 0 Å². The number of aromatic nitrogens is 2. The van der Waals surface area contributed by atoms with Crippen molar-refractivity contribution < 1.29 is 0 Å². The maximum atomic E-state index is 6.13. The summed E-state index contributed by atoms with van der Waals surface area (Å²) >= 11 is 6.13. The van der Waals surface area contributed by atoms with Gasteiger partial charge in [0.25, 0.3) is 0 Å². The van der Waals surface area contributed by atoms with Crippen molar-refractivity contribution in [3.8, 4) is 0 Å². The molecule has 0 unspecified atom stereocenters. The minimum absolute atomic E-state index is 0.574. The van der Waals surface area contributed by atoms with Crippen LogP contribution in [0.4, 0.5) is 0 Å². The lowest BCUT2D eigenvalue weighted by molar-refractivity contribution is 0.495. The van der Waals surface area contributed by atoms with Crippen LogP contribution in [0.5, 0.6) is 0 Å². The summed E-state index contributed by atoms with van der Waals surface area (Å²) in [7, 11) is 0. The summed E-state index contributed by atoms with van der Waals surface area (Å²) in [6.07, 6.45) is 0. The highest BCUT2D eigenvalue weighted by Gasteiger charge is 2.10. The van der Waals surface area contributed by atoms with Gasteiger partial charge >= 0.3 is 0 Å². The number of rotatable bonds is 2. The van der Waals surface area contributed by atoms with Gasteiger partial charge in [0, 0.05) is 11.9 Å². The van der Waals surface area contributed by atoms with Crippen molar-refractivity contribution in [2.75, 3.05) is 0 Å². The standard InChI is InChI=1S/C12H15ClN2/c1-8(2)7-15-10-6-4-5-9(3)11(10)12(13)14-15/h4-6,8H,7H2,1-3H3. The Balaban J connectivity index is 2.63. The van der Waals surface area contributed by atoms with Crippen LogP contribution in [0.2, 0.25) is 5.15 Å². The van der Waals surface area contributed by atoms with Gasteiger partial charge in [-0.05, 0) is 24.5 Å². The largest absolute Gasteiger partial charge is 0.263 e. The highest BCUT2D eigenvalue weighted by atomic mass is 35.5. The SMILES string of the molecule is Cc1cccc2c1c(Cl)nn2CC(C)C. The van der Waals surface area contributed by atoms with Crippen LogP contribution in [0.3, 0.4) is 0 Å². The van der Waals surface area contributed by atoms with E-state index in [0.717, 1.165) is 17.4 Å². The minimum atomic E-state index is 0.574. The van der Waals surface area contributed by atoms with Gasteiger partial charge in [-0.25, -0.2) is 0 Å². The lowest BCUT2D eigenvalue weighted by Crippen LogP contribution is -2.05. The first-order valence-electron chi connectivity index (χ1n) is 5.21. The third kappa shape index (κ3) is 1.86. The molecule has 0 saturated carbocycles. The number of halogens is 1. The van der Waals surface area contributed by atoms with Gasteiger partial charge in [0.2, 0.25) is 0 Å². The minimum Gasteiger partial charge on any atom is -0.263 e. The normalized spacial score (nSPS) is 11.5. The Morgan fingerprint density at radius 1 is 1.40 bits per heavy atom. The molecular formula is C12H15ClN2. The highest BCUT2D eigenvalue weighted by Crippen LogP contribution is 2.26. The van der Waals surface area contributed by atoms with Gasteiger partial charge < -0.3 is 0 Å². The zero-order valence-corrected chi connectivity index (χ0v) is 10.0. The molecule has 1 aromatic heterocycles. The van der Waals surface area contributed by atoms with E-state index in [4.69, 9.17) is 11.6 Å². The summed E-state index contributed by atoms with van der Waals surface area (Å²) in [5.41, 5.74) is 2.32. The fraction of sp³-hybridized carbons (Fsp3) is 0.417. The fourth-order valence-electron chi connectivity index (χ4n) is 1.83. The summed E-state index contributed by atoms with van der Waals surface area (Å²) in [5.74, 6) is 0.574. The van der Waals surface area contributed by atoms with Gasteiger partial charge in [-0.2, -0.15) is 5.10 Å². The van der Waals surface area contributed by atoms with Crippen LogP contribution in [0, 0.1) is 12.8 Å². The van der Waals surface area contributed by atoms with Crippen molar-refractivity contribution in [3.63, 3.8) is 0 Å². The molecule has 0 N–H and O–H groups in total. The smallest absolute Gasteiger partial charge is 0.159 e. The molecule has 2 aromatic rings. The van der Waals surface area contributed by atoms with E-state index in [1.807, 2.05) is 10.7 Å². The molecule has 15 heavy (non-hydrogen) atoms. The van der Waals surface area contributed by atoms with Gasteiger partial charge in [-0.15, -0.1) is 0 Å². The van der Waals surface area contributed by atoms with Crippen LogP contribution in [0.15, 0.2) is 18.2 Å². The molecule has 0 amide bonds. The zero-order chi connectivity index (χ0) is 11.0. The van der Waals surface area contributed by atoms with E-state index in [9.17, 15) is 0 Å². The molecule has 80 valence electrons. The van der Waals surface area contributed by atoms with E-state index in [2.05, 4.69) is 38.0 Å². The van der Waals surface area contributed by atoms with Crippen molar-refractivity contribution in [1.29, 1.82) is 0 Å². The second kappa shape index (κ2) is 3.86.